The van der Waals surface area contributed by atoms with Crippen molar-refractivity contribution in [2.45, 2.75) is 57.2 Å². The molecule has 0 saturated heterocycles. The topological polar surface area (TPSA) is 96.0 Å². The molecular formula is C32H38ClN3O5S. The molecule has 0 spiro atoms. The molecule has 8 nitrogen and oxygen atoms in total. The van der Waals surface area contributed by atoms with Crippen LogP contribution in [0.5, 0.6) is 5.75 Å². The zero-order chi connectivity index (χ0) is 30.1. The van der Waals surface area contributed by atoms with Crippen LogP contribution in [0, 0.1) is 0 Å². The van der Waals surface area contributed by atoms with Crippen LogP contribution >= 0.6 is 11.6 Å². The van der Waals surface area contributed by atoms with Gasteiger partial charge in [0.1, 0.15) is 18.3 Å². The van der Waals surface area contributed by atoms with Crippen LogP contribution < -0.4 is 14.4 Å². The summed E-state index contributed by atoms with van der Waals surface area (Å²) < 4.78 is 32.3. The number of ether oxygens (including phenoxy) is 1. The van der Waals surface area contributed by atoms with Crippen LogP contribution in [0.3, 0.4) is 0 Å². The quantitative estimate of drug-likeness (QED) is 0.304. The van der Waals surface area contributed by atoms with Crippen molar-refractivity contribution in [1.29, 1.82) is 0 Å². The second-order valence-corrected chi connectivity index (χ2v) is 12.9. The number of nitrogens with one attached hydrogen (secondary N) is 1. The highest BCUT2D eigenvalue weighted by Gasteiger charge is 2.34. The van der Waals surface area contributed by atoms with Gasteiger partial charge in [-0.1, -0.05) is 85.5 Å². The van der Waals surface area contributed by atoms with Gasteiger partial charge in [0.15, 0.2) is 0 Å². The van der Waals surface area contributed by atoms with Gasteiger partial charge in [-0.05, 0) is 42.2 Å². The molecule has 1 fully saturated rings. The molecule has 1 aliphatic rings. The molecule has 3 aromatic rings. The molecule has 1 N–H and O–H groups in total. The molecule has 1 atom stereocenters. The van der Waals surface area contributed by atoms with Crippen molar-refractivity contribution in [1.82, 2.24) is 10.2 Å². The Morgan fingerprint density at radius 1 is 0.976 bits per heavy atom. The van der Waals surface area contributed by atoms with E-state index in [1.165, 1.54) is 12.0 Å². The fourth-order valence-corrected chi connectivity index (χ4v) is 6.32. The predicted molar refractivity (Wildman–Crippen MR) is 166 cm³/mol. The van der Waals surface area contributed by atoms with Gasteiger partial charge in [0, 0.05) is 30.1 Å². The number of sulfonamides is 1. The molecule has 0 aromatic heterocycles. The van der Waals surface area contributed by atoms with Gasteiger partial charge in [-0.2, -0.15) is 0 Å². The van der Waals surface area contributed by atoms with Crippen molar-refractivity contribution in [3.8, 4) is 5.75 Å². The van der Waals surface area contributed by atoms with Gasteiger partial charge in [-0.25, -0.2) is 8.42 Å². The fourth-order valence-electron chi connectivity index (χ4n) is 5.29. The number of halogens is 1. The minimum Gasteiger partial charge on any atom is -0.497 e. The van der Waals surface area contributed by atoms with Gasteiger partial charge in [-0.3, -0.25) is 13.9 Å². The van der Waals surface area contributed by atoms with Gasteiger partial charge in [0.05, 0.1) is 19.1 Å². The molecule has 1 unspecified atom stereocenters. The zero-order valence-electron chi connectivity index (χ0n) is 24.0. The van der Waals surface area contributed by atoms with Crippen molar-refractivity contribution in [3.05, 3.63) is 95.0 Å². The van der Waals surface area contributed by atoms with Crippen LogP contribution in [0.4, 0.5) is 5.69 Å². The lowest BCUT2D eigenvalue weighted by Crippen LogP contribution is -2.55. The molecule has 224 valence electrons. The van der Waals surface area contributed by atoms with E-state index in [0.717, 1.165) is 48.2 Å². The van der Waals surface area contributed by atoms with E-state index in [1.54, 1.807) is 42.5 Å². The normalized spacial score (nSPS) is 14.5. The van der Waals surface area contributed by atoms with E-state index in [-0.39, 0.29) is 30.6 Å². The number of methoxy groups -OCH3 is 1. The van der Waals surface area contributed by atoms with E-state index in [0.29, 0.717) is 16.3 Å². The number of carbonyl (C=O) groups is 2. The third-order valence-electron chi connectivity index (χ3n) is 7.54. The van der Waals surface area contributed by atoms with Crippen molar-refractivity contribution >= 4 is 39.1 Å². The Bertz CT molecular complexity index is 1460. The lowest BCUT2D eigenvalue weighted by Gasteiger charge is -2.35. The van der Waals surface area contributed by atoms with Gasteiger partial charge in [0.2, 0.25) is 21.8 Å². The van der Waals surface area contributed by atoms with Crippen molar-refractivity contribution in [2.75, 3.05) is 24.2 Å². The minimum atomic E-state index is -3.88. The molecule has 3 aromatic carbocycles. The molecule has 1 aliphatic carbocycles. The lowest BCUT2D eigenvalue weighted by atomic mass is 9.94. The highest BCUT2D eigenvalue weighted by Crippen LogP contribution is 2.26. The molecule has 4 rings (SSSR count). The average Bonchev–Trinajstić information content (AvgIpc) is 2.99. The Kier molecular flexibility index (Phi) is 10.9. The van der Waals surface area contributed by atoms with E-state index in [1.807, 2.05) is 36.4 Å². The first kappa shape index (κ1) is 31.4. The first-order valence-corrected chi connectivity index (χ1v) is 16.4. The monoisotopic (exact) mass is 611 g/mol. The summed E-state index contributed by atoms with van der Waals surface area (Å²) >= 11 is 6.52. The third-order valence-corrected chi connectivity index (χ3v) is 9.05. The standard InChI is InChI=1S/C32H38ClN3O5S/c1-41-28-18-11-17-27(21-28)36(42(2,39)40)23-31(37)35(22-25-14-9-10-19-29(25)33)30(20-24-12-5-3-6-13-24)32(38)34-26-15-7-4-8-16-26/h3,5-6,9-14,17-19,21,26,30H,4,7-8,15-16,20,22-23H2,1-2H3,(H,34,38). The number of carbonyl (C=O) groups excluding carboxylic acids is 2. The summed E-state index contributed by atoms with van der Waals surface area (Å²) in [7, 11) is -2.39. The summed E-state index contributed by atoms with van der Waals surface area (Å²) in [6.45, 7) is -0.470. The number of hydrogen-bond donors (Lipinski definition) is 1. The van der Waals surface area contributed by atoms with Crippen molar-refractivity contribution in [3.63, 3.8) is 0 Å². The summed E-state index contributed by atoms with van der Waals surface area (Å²) in [4.78, 5) is 29.7. The zero-order valence-corrected chi connectivity index (χ0v) is 25.6. The van der Waals surface area contributed by atoms with Gasteiger partial charge >= 0.3 is 0 Å². The number of rotatable bonds is 12. The summed E-state index contributed by atoms with van der Waals surface area (Å²) in [5.41, 5.74) is 1.82. The predicted octanol–water partition coefficient (Wildman–Crippen LogP) is 5.20. The van der Waals surface area contributed by atoms with Gasteiger partial charge < -0.3 is 15.0 Å². The molecule has 0 heterocycles. The molecule has 10 heteroatoms. The van der Waals surface area contributed by atoms with E-state index in [2.05, 4.69) is 5.32 Å². The van der Waals surface area contributed by atoms with Crippen LogP contribution in [0.1, 0.15) is 43.2 Å². The maximum Gasteiger partial charge on any atom is 0.244 e. The average molecular weight is 612 g/mol. The summed E-state index contributed by atoms with van der Waals surface area (Å²) in [5.74, 6) is -0.336. The van der Waals surface area contributed by atoms with Crippen molar-refractivity contribution < 1.29 is 22.7 Å². The fraction of sp³-hybridized carbons (Fsp3) is 0.375. The first-order valence-electron chi connectivity index (χ1n) is 14.1. The number of hydrogen-bond acceptors (Lipinski definition) is 5. The molecule has 42 heavy (non-hydrogen) atoms. The van der Waals surface area contributed by atoms with Crippen LogP contribution in [0.2, 0.25) is 5.02 Å². The maximum atomic E-state index is 14.2. The minimum absolute atomic E-state index is 0.0316. The Morgan fingerprint density at radius 3 is 2.33 bits per heavy atom. The SMILES string of the molecule is COc1cccc(N(CC(=O)N(Cc2ccccc2Cl)C(Cc2ccccc2)C(=O)NC2CCCCC2)S(C)(=O)=O)c1. The van der Waals surface area contributed by atoms with Crippen LogP contribution in [-0.2, 0) is 32.6 Å². The Hall–Kier alpha value is -3.56. The van der Waals surface area contributed by atoms with Gasteiger partial charge in [0.25, 0.3) is 0 Å². The summed E-state index contributed by atoms with van der Waals surface area (Å²) in [5, 5.41) is 3.64. The van der Waals surface area contributed by atoms with E-state index in [4.69, 9.17) is 16.3 Å². The largest absolute Gasteiger partial charge is 0.497 e. The smallest absolute Gasteiger partial charge is 0.244 e. The van der Waals surface area contributed by atoms with E-state index in [9.17, 15) is 18.0 Å². The van der Waals surface area contributed by atoms with Crippen LogP contribution in [0.15, 0.2) is 78.9 Å². The lowest BCUT2D eigenvalue weighted by molar-refractivity contribution is -0.140. The number of anilines is 1. The third kappa shape index (κ3) is 8.49. The number of amides is 2. The van der Waals surface area contributed by atoms with Crippen molar-refractivity contribution in [2.24, 2.45) is 0 Å². The van der Waals surface area contributed by atoms with Crippen LogP contribution in [0.25, 0.3) is 0 Å². The molecule has 0 bridgehead atoms. The van der Waals surface area contributed by atoms with Crippen LogP contribution in [-0.4, -0.2) is 57.1 Å². The molecular weight excluding hydrogens is 574 g/mol. The number of nitrogens with zero attached hydrogens (tertiary/aromatic N) is 2. The van der Waals surface area contributed by atoms with E-state index >= 15 is 0 Å². The molecule has 2 amide bonds. The Morgan fingerprint density at radius 2 is 1.67 bits per heavy atom. The molecule has 0 radical (unpaired) electrons. The second-order valence-electron chi connectivity index (χ2n) is 10.6. The second kappa shape index (κ2) is 14.6. The Balaban J connectivity index is 1.73. The van der Waals surface area contributed by atoms with Gasteiger partial charge in [-0.15, -0.1) is 0 Å². The Labute approximate surface area is 253 Å². The maximum absolute atomic E-state index is 14.2. The van der Waals surface area contributed by atoms with E-state index < -0.39 is 28.5 Å². The highest BCUT2D eigenvalue weighted by atomic mass is 35.5. The molecule has 0 aliphatic heterocycles. The highest BCUT2D eigenvalue weighted by molar-refractivity contribution is 7.92. The molecule has 1 saturated carbocycles. The summed E-state index contributed by atoms with van der Waals surface area (Å²) in [6, 6.07) is 22.3. The summed E-state index contributed by atoms with van der Waals surface area (Å²) in [6.07, 6.45) is 6.31. The first-order chi connectivity index (χ1) is 20.2. The number of benzene rings is 3.